The molecule has 0 aromatic heterocycles. The molecule has 2 aromatic carbocycles. The molecule has 0 aliphatic carbocycles. The molecule has 1 N–H and O–H groups in total. The molecule has 0 aliphatic heterocycles. The summed E-state index contributed by atoms with van der Waals surface area (Å²) in [5.74, 6) is 0.720. The normalized spacial score (nSPS) is 12.0. The fourth-order valence-corrected chi connectivity index (χ4v) is 2.41. The van der Waals surface area contributed by atoms with E-state index >= 15 is 0 Å². The molecule has 0 unspecified atom stereocenters. The number of hydrogen-bond acceptors (Lipinski definition) is 3. The molecule has 0 bridgehead atoms. The average Bonchev–Trinajstić information content (AvgIpc) is 2.47. The number of rotatable bonds is 5. The molecule has 0 heterocycles. The number of hydrogen-bond donors (Lipinski definition) is 1. The molecular formula is C17H21NO2. The molecule has 3 nitrogen and oxygen atoms in total. The highest BCUT2D eigenvalue weighted by molar-refractivity contribution is 5.60. The van der Waals surface area contributed by atoms with E-state index in [0.29, 0.717) is 0 Å². The van der Waals surface area contributed by atoms with Crippen LogP contribution in [0.1, 0.15) is 24.2 Å². The summed E-state index contributed by atoms with van der Waals surface area (Å²) in [6.07, 6.45) is -0.570. The largest absolute Gasteiger partial charge is 0.496 e. The minimum absolute atomic E-state index is 0.570. The van der Waals surface area contributed by atoms with Crippen LogP contribution < -0.4 is 9.64 Å². The Morgan fingerprint density at radius 1 is 1.10 bits per heavy atom. The Balaban J connectivity index is 2.32. The number of ether oxygens (including phenoxy) is 1. The monoisotopic (exact) mass is 271 g/mol. The molecule has 3 heteroatoms. The number of benzene rings is 2. The van der Waals surface area contributed by atoms with Gasteiger partial charge in [-0.15, -0.1) is 0 Å². The third kappa shape index (κ3) is 3.11. The van der Waals surface area contributed by atoms with Gasteiger partial charge in [0.1, 0.15) is 5.75 Å². The zero-order valence-electron chi connectivity index (χ0n) is 12.2. The Hall–Kier alpha value is -2.00. The maximum absolute atomic E-state index is 10.0. The lowest BCUT2D eigenvalue weighted by molar-refractivity contribution is 0.194. The summed E-state index contributed by atoms with van der Waals surface area (Å²) in [7, 11) is 3.65. The molecule has 0 fully saturated rings. The van der Waals surface area contributed by atoms with Gasteiger partial charge in [-0.2, -0.15) is 0 Å². The summed E-state index contributed by atoms with van der Waals surface area (Å²) in [5.41, 5.74) is 3.05. The van der Waals surface area contributed by atoms with E-state index in [1.54, 1.807) is 14.0 Å². The summed E-state index contributed by atoms with van der Waals surface area (Å²) in [6.45, 7) is 2.55. The van der Waals surface area contributed by atoms with Crippen LogP contribution in [-0.2, 0) is 6.54 Å². The average molecular weight is 271 g/mol. The SMILES string of the molecule is COc1cccc(N(C)Cc2ccccc2)c1[C@@H](C)O. The highest BCUT2D eigenvalue weighted by atomic mass is 16.5. The van der Waals surface area contributed by atoms with Gasteiger partial charge in [-0.3, -0.25) is 0 Å². The third-order valence-electron chi connectivity index (χ3n) is 3.35. The van der Waals surface area contributed by atoms with Crippen molar-refractivity contribution in [2.24, 2.45) is 0 Å². The van der Waals surface area contributed by atoms with Crippen molar-refractivity contribution in [3.8, 4) is 5.75 Å². The van der Waals surface area contributed by atoms with E-state index in [1.807, 2.05) is 43.4 Å². The van der Waals surface area contributed by atoms with E-state index in [9.17, 15) is 5.11 Å². The van der Waals surface area contributed by atoms with E-state index in [1.165, 1.54) is 5.56 Å². The highest BCUT2D eigenvalue weighted by Crippen LogP contribution is 2.34. The molecule has 20 heavy (non-hydrogen) atoms. The van der Waals surface area contributed by atoms with Gasteiger partial charge in [0.05, 0.1) is 13.2 Å². The first-order valence-electron chi connectivity index (χ1n) is 6.73. The zero-order valence-corrected chi connectivity index (χ0v) is 12.2. The van der Waals surface area contributed by atoms with Crippen molar-refractivity contribution < 1.29 is 9.84 Å². The molecule has 0 saturated heterocycles. The second kappa shape index (κ2) is 6.44. The van der Waals surface area contributed by atoms with Gasteiger partial charge >= 0.3 is 0 Å². The number of methoxy groups -OCH3 is 1. The second-order valence-corrected chi connectivity index (χ2v) is 4.91. The minimum atomic E-state index is -0.570. The molecule has 0 spiro atoms. The van der Waals surface area contributed by atoms with Crippen molar-refractivity contribution in [2.75, 3.05) is 19.1 Å². The predicted molar refractivity (Wildman–Crippen MR) is 82.2 cm³/mol. The first-order valence-corrected chi connectivity index (χ1v) is 6.73. The van der Waals surface area contributed by atoms with Crippen LogP contribution in [0.5, 0.6) is 5.75 Å². The van der Waals surface area contributed by atoms with Crippen LogP contribution in [0.15, 0.2) is 48.5 Å². The minimum Gasteiger partial charge on any atom is -0.496 e. The van der Waals surface area contributed by atoms with Crippen LogP contribution in [-0.4, -0.2) is 19.3 Å². The Kier molecular flexibility index (Phi) is 4.64. The second-order valence-electron chi connectivity index (χ2n) is 4.91. The summed E-state index contributed by atoms with van der Waals surface area (Å²) in [6, 6.07) is 16.1. The van der Waals surface area contributed by atoms with E-state index in [-0.39, 0.29) is 0 Å². The summed E-state index contributed by atoms with van der Waals surface area (Å²) < 4.78 is 5.36. The molecule has 106 valence electrons. The highest BCUT2D eigenvalue weighted by Gasteiger charge is 2.16. The van der Waals surface area contributed by atoms with E-state index in [2.05, 4.69) is 17.0 Å². The van der Waals surface area contributed by atoms with Crippen molar-refractivity contribution in [3.05, 3.63) is 59.7 Å². The quantitative estimate of drug-likeness (QED) is 0.905. The maximum Gasteiger partial charge on any atom is 0.126 e. The smallest absolute Gasteiger partial charge is 0.126 e. The van der Waals surface area contributed by atoms with E-state index in [4.69, 9.17) is 4.74 Å². The van der Waals surface area contributed by atoms with E-state index in [0.717, 1.165) is 23.5 Å². The Morgan fingerprint density at radius 3 is 2.40 bits per heavy atom. The van der Waals surface area contributed by atoms with Crippen LogP contribution in [0.2, 0.25) is 0 Å². The number of anilines is 1. The van der Waals surface area contributed by atoms with Crippen molar-refractivity contribution >= 4 is 5.69 Å². The topological polar surface area (TPSA) is 32.7 Å². The third-order valence-corrected chi connectivity index (χ3v) is 3.35. The Morgan fingerprint density at radius 2 is 1.80 bits per heavy atom. The molecule has 0 radical (unpaired) electrons. The van der Waals surface area contributed by atoms with Gasteiger partial charge < -0.3 is 14.7 Å². The number of aliphatic hydroxyl groups is 1. The van der Waals surface area contributed by atoms with Crippen molar-refractivity contribution in [2.45, 2.75) is 19.6 Å². The lowest BCUT2D eigenvalue weighted by Gasteiger charge is -2.25. The van der Waals surface area contributed by atoms with Gasteiger partial charge in [0.25, 0.3) is 0 Å². The predicted octanol–water partition coefficient (Wildman–Crippen LogP) is 3.38. The van der Waals surface area contributed by atoms with Gasteiger partial charge in [-0.1, -0.05) is 36.4 Å². The summed E-state index contributed by atoms with van der Waals surface area (Å²) in [4.78, 5) is 2.12. The molecule has 0 amide bonds. The van der Waals surface area contributed by atoms with Crippen LogP contribution in [0.25, 0.3) is 0 Å². The molecule has 2 aromatic rings. The first kappa shape index (κ1) is 14.4. The number of aliphatic hydroxyl groups excluding tert-OH is 1. The zero-order chi connectivity index (χ0) is 14.5. The van der Waals surface area contributed by atoms with Crippen LogP contribution in [0, 0.1) is 0 Å². The fourth-order valence-electron chi connectivity index (χ4n) is 2.41. The standard InChI is InChI=1S/C17H21NO2/c1-13(19)17-15(10-7-11-16(17)20-3)18(2)12-14-8-5-4-6-9-14/h4-11,13,19H,12H2,1-3H3/t13-/m1/s1. The Bertz CT molecular complexity index is 552. The van der Waals surface area contributed by atoms with Gasteiger partial charge in [0.2, 0.25) is 0 Å². The van der Waals surface area contributed by atoms with E-state index < -0.39 is 6.10 Å². The lowest BCUT2D eigenvalue weighted by Crippen LogP contribution is -2.19. The van der Waals surface area contributed by atoms with Crippen molar-refractivity contribution in [1.82, 2.24) is 0 Å². The van der Waals surface area contributed by atoms with Gasteiger partial charge in [-0.25, -0.2) is 0 Å². The van der Waals surface area contributed by atoms with Crippen LogP contribution in [0.4, 0.5) is 5.69 Å². The first-order chi connectivity index (χ1) is 9.63. The van der Waals surface area contributed by atoms with Crippen molar-refractivity contribution in [1.29, 1.82) is 0 Å². The van der Waals surface area contributed by atoms with Gasteiger partial charge in [-0.05, 0) is 24.6 Å². The van der Waals surface area contributed by atoms with Gasteiger partial charge in [0, 0.05) is 24.8 Å². The summed E-state index contributed by atoms with van der Waals surface area (Å²) in [5, 5.41) is 10.0. The lowest BCUT2D eigenvalue weighted by atomic mass is 10.1. The van der Waals surface area contributed by atoms with Crippen molar-refractivity contribution in [3.63, 3.8) is 0 Å². The van der Waals surface area contributed by atoms with Crippen LogP contribution >= 0.6 is 0 Å². The Labute approximate surface area is 120 Å². The summed E-state index contributed by atoms with van der Waals surface area (Å²) >= 11 is 0. The number of nitrogens with zero attached hydrogens (tertiary/aromatic N) is 1. The fraction of sp³-hybridized carbons (Fsp3) is 0.294. The molecule has 0 saturated carbocycles. The molecule has 2 rings (SSSR count). The molecular weight excluding hydrogens is 250 g/mol. The molecule has 1 atom stereocenters. The maximum atomic E-state index is 10.0. The van der Waals surface area contributed by atoms with Crippen LogP contribution in [0.3, 0.4) is 0 Å². The molecule has 0 aliphatic rings. The van der Waals surface area contributed by atoms with Gasteiger partial charge in [0.15, 0.2) is 0 Å².